The number of benzene rings is 1. The maximum absolute atomic E-state index is 13.2. The molecule has 0 heterocycles. The molecule has 0 bridgehead atoms. The van der Waals surface area contributed by atoms with E-state index in [1.54, 1.807) is 6.07 Å². The van der Waals surface area contributed by atoms with E-state index in [2.05, 4.69) is 0 Å². The first-order valence-corrected chi connectivity index (χ1v) is 6.92. The Hall–Kier alpha value is -1.45. The van der Waals surface area contributed by atoms with Gasteiger partial charge in [-0.05, 0) is 43.9 Å². The average Bonchev–Trinajstić information content (AvgIpc) is 2.41. The largest absolute Gasteiger partial charge is 0.496 e. The van der Waals surface area contributed by atoms with E-state index in [9.17, 15) is 13.6 Å². The number of carbonyl (C=O) groups is 1. The summed E-state index contributed by atoms with van der Waals surface area (Å²) in [4.78, 5) is 12.5. The second kappa shape index (κ2) is 5.51. The highest BCUT2D eigenvalue weighted by atomic mass is 19.3. The number of aryl methyl sites for hydroxylation is 1. The van der Waals surface area contributed by atoms with E-state index in [0.717, 1.165) is 11.1 Å². The minimum Gasteiger partial charge on any atom is -0.496 e. The Morgan fingerprint density at radius 1 is 1.25 bits per heavy atom. The SMILES string of the molecule is COc1c(C(=O)C2CCC(F)(F)CC2)ccc(C)c1C. The van der Waals surface area contributed by atoms with Crippen molar-refractivity contribution in [2.75, 3.05) is 7.11 Å². The van der Waals surface area contributed by atoms with Crippen LogP contribution in [0.1, 0.15) is 47.2 Å². The lowest BCUT2D eigenvalue weighted by Gasteiger charge is -2.27. The predicted molar refractivity (Wildman–Crippen MR) is 73.7 cm³/mol. The van der Waals surface area contributed by atoms with Crippen LogP contribution in [-0.4, -0.2) is 18.8 Å². The highest BCUT2D eigenvalue weighted by Gasteiger charge is 2.38. The topological polar surface area (TPSA) is 26.3 Å². The fourth-order valence-electron chi connectivity index (χ4n) is 2.77. The summed E-state index contributed by atoms with van der Waals surface area (Å²) < 4.78 is 31.7. The molecule has 0 spiro atoms. The second-order valence-electron chi connectivity index (χ2n) is 5.58. The van der Waals surface area contributed by atoms with Gasteiger partial charge in [-0.3, -0.25) is 4.79 Å². The van der Waals surface area contributed by atoms with Gasteiger partial charge in [0.25, 0.3) is 0 Å². The van der Waals surface area contributed by atoms with E-state index >= 15 is 0 Å². The summed E-state index contributed by atoms with van der Waals surface area (Å²) >= 11 is 0. The number of ether oxygens (including phenoxy) is 1. The minimum absolute atomic E-state index is 0.0690. The molecule has 2 nitrogen and oxygen atoms in total. The number of halogens is 2. The summed E-state index contributed by atoms with van der Waals surface area (Å²) in [5.41, 5.74) is 2.50. The number of hydrogen-bond acceptors (Lipinski definition) is 2. The highest BCUT2D eigenvalue weighted by Crippen LogP contribution is 2.39. The lowest BCUT2D eigenvalue weighted by molar-refractivity contribution is -0.0424. The van der Waals surface area contributed by atoms with Crippen LogP contribution in [0.15, 0.2) is 12.1 Å². The monoisotopic (exact) mass is 282 g/mol. The van der Waals surface area contributed by atoms with Gasteiger partial charge in [0.05, 0.1) is 12.7 Å². The molecular formula is C16H20F2O2. The second-order valence-corrected chi connectivity index (χ2v) is 5.58. The summed E-state index contributed by atoms with van der Waals surface area (Å²) in [6, 6.07) is 3.62. The van der Waals surface area contributed by atoms with Gasteiger partial charge in [0.1, 0.15) is 5.75 Å². The Morgan fingerprint density at radius 2 is 1.85 bits per heavy atom. The number of carbonyl (C=O) groups excluding carboxylic acids is 1. The van der Waals surface area contributed by atoms with Gasteiger partial charge in [0, 0.05) is 18.8 Å². The highest BCUT2D eigenvalue weighted by molar-refractivity contribution is 6.00. The van der Waals surface area contributed by atoms with Crippen LogP contribution < -0.4 is 4.74 Å². The van der Waals surface area contributed by atoms with Crippen molar-refractivity contribution < 1.29 is 18.3 Å². The maximum atomic E-state index is 13.2. The lowest BCUT2D eigenvalue weighted by atomic mass is 9.81. The van der Waals surface area contributed by atoms with Crippen LogP contribution in [0.25, 0.3) is 0 Å². The van der Waals surface area contributed by atoms with Gasteiger partial charge in [-0.25, -0.2) is 8.78 Å². The predicted octanol–water partition coefficient (Wildman–Crippen LogP) is 4.32. The van der Waals surface area contributed by atoms with Gasteiger partial charge in [-0.2, -0.15) is 0 Å². The molecule has 0 unspecified atom stereocenters. The third-order valence-corrected chi connectivity index (χ3v) is 4.23. The lowest BCUT2D eigenvalue weighted by Crippen LogP contribution is -2.29. The van der Waals surface area contributed by atoms with E-state index in [-0.39, 0.29) is 37.4 Å². The normalized spacial score (nSPS) is 18.9. The fourth-order valence-corrected chi connectivity index (χ4v) is 2.77. The molecule has 1 aliphatic rings. The van der Waals surface area contributed by atoms with Crippen molar-refractivity contribution in [1.82, 2.24) is 0 Å². The molecule has 0 amide bonds. The first-order valence-electron chi connectivity index (χ1n) is 6.92. The Bertz CT molecular complexity index is 513. The zero-order valence-electron chi connectivity index (χ0n) is 12.1. The van der Waals surface area contributed by atoms with Crippen molar-refractivity contribution in [1.29, 1.82) is 0 Å². The summed E-state index contributed by atoms with van der Waals surface area (Å²) in [7, 11) is 1.54. The average molecular weight is 282 g/mol. The smallest absolute Gasteiger partial charge is 0.248 e. The molecule has 1 aromatic carbocycles. The van der Waals surface area contributed by atoms with Crippen molar-refractivity contribution in [2.45, 2.75) is 45.5 Å². The van der Waals surface area contributed by atoms with Gasteiger partial charge < -0.3 is 4.74 Å². The molecule has 1 fully saturated rings. The van der Waals surface area contributed by atoms with Crippen LogP contribution in [0.2, 0.25) is 0 Å². The van der Waals surface area contributed by atoms with Crippen LogP contribution in [0.3, 0.4) is 0 Å². The summed E-state index contributed by atoms with van der Waals surface area (Å²) in [5.74, 6) is -2.41. The Morgan fingerprint density at radius 3 is 2.40 bits per heavy atom. The first kappa shape index (κ1) is 14.9. The van der Waals surface area contributed by atoms with E-state index in [1.807, 2.05) is 19.9 Å². The van der Waals surface area contributed by atoms with Crippen molar-refractivity contribution >= 4 is 5.78 Å². The number of ketones is 1. The van der Waals surface area contributed by atoms with E-state index < -0.39 is 5.92 Å². The van der Waals surface area contributed by atoms with Crippen molar-refractivity contribution in [3.63, 3.8) is 0 Å². The van der Waals surface area contributed by atoms with Crippen LogP contribution in [0, 0.1) is 19.8 Å². The Balaban J connectivity index is 2.24. The molecule has 110 valence electrons. The zero-order valence-corrected chi connectivity index (χ0v) is 12.1. The molecule has 4 heteroatoms. The van der Waals surface area contributed by atoms with Gasteiger partial charge in [-0.1, -0.05) is 6.07 Å². The third kappa shape index (κ3) is 2.84. The number of hydrogen-bond donors (Lipinski definition) is 0. The molecule has 0 N–H and O–H groups in total. The number of rotatable bonds is 3. The standard InChI is InChI=1S/C16H20F2O2/c1-10-4-5-13(15(20-3)11(10)2)14(19)12-6-8-16(17,18)9-7-12/h4-5,12H,6-9H2,1-3H3. The van der Waals surface area contributed by atoms with Crippen LogP contribution in [0.4, 0.5) is 8.78 Å². The summed E-state index contributed by atoms with van der Waals surface area (Å²) in [5, 5.41) is 0. The molecule has 0 aliphatic heterocycles. The quantitative estimate of drug-likeness (QED) is 0.772. The molecule has 0 aromatic heterocycles. The third-order valence-electron chi connectivity index (χ3n) is 4.23. The van der Waals surface area contributed by atoms with Crippen molar-refractivity contribution in [3.8, 4) is 5.75 Å². The molecule has 2 rings (SSSR count). The molecule has 0 saturated heterocycles. The zero-order chi connectivity index (χ0) is 14.9. The number of methoxy groups -OCH3 is 1. The van der Waals surface area contributed by atoms with Crippen molar-refractivity contribution in [2.24, 2.45) is 5.92 Å². The summed E-state index contributed by atoms with van der Waals surface area (Å²) in [6.07, 6.45) is 0.108. The molecule has 0 radical (unpaired) electrons. The van der Waals surface area contributed by atoms with Crippen molar-refractivity contribution in [3.05, 3.63) is 28.8 Å². The Labute approximate surface area is 118 Å². The molecule has 1 aliphatic carbocycles. The van der Waals surface area contributed by atoms with E-state index in [4.69, 9.17) is 4.74 Å². The molecule has 0 atom stereocenters. The van der Waals surface area contributed by atoms with Gasteiger partial charge in [0.2, 0.25) is 5.92 Å². The van der Waals surface area contributed by atoms with E-state index in [0.29, 0.717) is 11.3 Å². The minimum atomic E-state index is -2.61. The number of alkyl halides is 2. The maximum Gasteiger partial charge on any atom is 0.248 e. The molecule has 20 heavy (non-hydrogen) atoms. The van der Waals surface area contributed by atoms with E-state index in [1.165, 1.54) is 7.11 Å². The van der Waals surface area contributed by atoms with Crippen LogP contribution in [0.5, 0.6) is 5.75 Å². The summed E-state index contributed by atoms with van der Waals surface area (Å²) in [6.45, 7) is 3.85. The fraction of sp³-hybridized carbons (Fsp3) is 0.562. The van der Waals surface area contributed by atoms with Gasteiger partial charge >= 0.3 is 0 Å². The molecular weight excluding hydrogens is 262 g/mol. The van der Waals surface area contributed by atoms with Gasteiger partial charge in [-0.15, -0.1) is 0 Å². The number of Topliss-reactive ketones (excluding diaryl/α,β-unsaturated/α-hetero) is 1. The van der Waals surface area contributed by atoms with Gasteiger partial charge in [0.15, 0.2) is 5.78 Å². The van der Waals surface area contributed by atoms with Crippen LogP contribution >= 0.6 is 0 Å². The van der Waals surface area contributed by atoms with Crippen LogP contribution in [-0.2, 0) is 0 Å². The molecule has 1 aromatic rings. The molecule has 1 saturated carbocycles. The Kier molecular flexibility index (Phi) is 4.11. The first-order chi connectivity index (χ1) is 9.35.